The summed E-state index contributed by atoms with van der Waals surface area (Å²) in [6.45, 7) is 6.50. The van der Waals surface area contributed by atoms with Crippen molar-refractivity contribution in [3.63, 3.8) is 0 Å². The van der Waals surface area contributed by atoms with Gasteiger partial charge in [-0.1, -0.05) is 13.8 Å². The molecule has 1 saturated carbocycles. The van der Waals surface area contributed by atoms with Crippen LogP contribution in [-0.2, 0) is 4.74 Å². The minimum atomic E-state index is -0.883. The maximum absolute atomic E-state index is 11.7. The SMILES string of the molecule is CC1(C)CCC(CNC(=O)NC[C@]2(O)CCOC2)CC1. The van der Waals surface area contributed by atoms with Gasteiger partial charge in [-0.2, -0.15) is 0 Å². The van der Waals surface area contributed by atoms with Gasteiger partial charge >= 0.3 is 6.03 Å². The van der Waals surface area contributed by atoms with Crippen LogP contribution in [-0.4, -0.2) is 43.0 Å². The first-order valence-corrected chi connectivity index (χ1v) is 7.70. The molecule has 0 radical (unpaired) electrons. The number of hydrogen-bond donors (Lipinski definition) is 3. The fraction of sp³-hybridized carbons (Fsp3) is 0.933. The Labute approximate surface area is 121 Å². The van der Waals surface area contributed by atoms with Gasteiger partial charge in [0.2, 0.25) is 0 Å². The number of amides is 2. The lowest BCUT2D eigenvalue weighted by Crippen LogP contribution is -2.47. The largest absolute Gasteiger partial charge is 0.386 e. The summed E-state index contributed by atoms with van der Waals surface area (Å²) in [6.07, 6.45) is 5.43. The maximum atomic E-state index is 11.7. The summed E-state index contributed by atoms with van der Waals surface area (Å²) in [7, 11) is 0. The Hall–Kier alpha value is -0.810. The van der Waals surface area contributed by atoms with Gasteiger partial charge in [0.05, 0.1) is 13.2 Å². The molecule has 1 saturated heterocycles. The van der Waals surface area contributed by atoms with Crippen LogP contribution in [0, 0.1) is 11.3 Å². The zero-order valence-electron chi connectivity index (χ0n) is 12.7. The summed E-state index contributed by atoms with van der Waals surface area (Å²) in [6, 6.07) is -0.185. The van der Waals surface area contributed by atoms with Crippen LogP contribution >= 0.6 is 0 Å². The third-order valence-electron chi connectivity index (χ3n) is 4.67. The Kier molecular flexibility index (Phi) is 4.91. The fourth-order valence-electron chi connectivity index (χ4n) is 2.94. The molecule has 0 bridgehead atoms. The molecular formula is C15H28N2O3. The van der Waals surface area contributed by atoms with Crippen LogP contribution in [0.5, 0.6) is 0 Å². The molecule has 5 heteroatoms. The van der Waals surface area contributed by atoms with Crippen molar-refractivity contribution in [1.29, 1.82) is 0 Å². The summed E-state index contributed by atoms with van der Waals surface area (Å²) >= 11 is 0. The van der Waals surface area contributed by atoms with E-state index in [2.05, 4.69) is 24.5 Å². The fourth-order valence-corrected chi connectivity index (χ4v) is 2.94. The van der Waals surface area contributed by atoms with E-state index >= 15 is 0 Å². The normalized spacial score (nSPS) is 30.1. The monoisotopic (exact) mass is 284 g/mol. The van der Waals surface area contributed by atoms with Crippen LogP contribution in [0.2, 0.25) is 0 Å². The topological polar surface area (TPSA) is 70.6 Å². The first-order valence-electron chi connectivity index (χ1n) is 7.70. The second kappa shape index (κ2) is 6.31. The molecule has 20 heavy (non-hydrogen) atoms. The highest BCUT2D eigenvalue weighted by molar-refractivity contribution is 5.73. The Morgan fingerprint density at radius 3 is 2.55 bits per heavy atom. The molecule has 0 aromatic rings. The molecular weight excluding hydrogens is 256 g/mol. The van der Waals surface area contributed by atoms with Crippen LogP contribution in [0.4, 0.5) is 4.79 Å². The quantitative estimate of drug-likeness (QED) is 0.735. The van der Waals surface area contributed by atoms with Crippen molar-refractivity contribution in [2.75, 3.05) is 26.3 Å². The zero-order chi connectivity index (χ0) is 14.6. The number of nitrogens with one attached hydrogen (secondary N) is 2. The van der Waals surface area contributed by atoms with E-state index in [-0.39, 0.29) is 12.6 Å². The average Bonchev–Trinajstić information content (AvgIpc) is 2.83. The van der Waals surface area contributed by atoms with E-state index in [0.29, 0.717) is 31.0 Å². The van der Waals surface area contributed by atoms with Gasteiger partial charge in [0, 0.05) is 19.6 Å². The predicted octanol–water partition coefficient (Wildman–Crippen LogP) is 1.65. The standard InChI is InChI=1S/C15H28N2O3/c1-14(2)5-3-12(4-6-14)9-16-13(18)17-10-15(19)7-8-20-11-15/h12,19H,3-11H2,1-2H3,(H2,16,17,18)/t15-/m1/s1. The lowest BCUT2D eigenvalue weighted by atomic mass is 9.73. The van der Waals surface area contributed by atoms with E-state index in [0.717, 1.165) is 6.54 Å². The van der Waals surface area contributed by atoms with Crippen LogP contribution in [0.25, 0.3) is 0 Å². The van der Waals surface area contributed by atoms with Gasteiger partial charge in [-0.25, -0.2) is 4.79 Å². The van der Waals surface area contributed by atoms with Crippen LogP contribution in [0.15, 0.2) is 0 Å². The second-order valence-corrected chi connectivity index (χ2v) is 7.20. The number of ether oxygens (including phenoxy) is 1. The Morgan fingerprint density at radius 1 is 1.25 bits per heavy atom. The Balaban J connectivity index is 1.61. The van der Waals surface area contributed by atoms with Gasteiger partial charge in [-0.15, -0.1) is 0 Å². The smallest absolute Gasteiger partial charge is 0.314 e. The number of aliphatic hydroxyl groups is 1. The van der Waals surface area contributed by atoms with Gasteiger partial charge in [0.1, 0.15) is 5.60 Å². The molecule has 1 atom stereocenters. The van der Waals surface area contributed by atoms with Crippen LogP contribution < -0.4 is 10.6 Å². The highest BCUT2D eigenvalue weighted by Crippen LogP contribution is 2.37. The molecule has 0 unspecified atom stereocenters. The van der Waals surface area contributed by atoms with Crippen molar-refractivity contribution in [1.82, 2.24) is 10.6 Å². The third kappa shape index (κ3) is 4.63. The number of rotatable bonds is 4. The van der Waals surface area contributed by atoms with E-state index in [9.17, 15) is 9.90 Å². The Morgan fingerprint density at radius 2 is 1.95 bits per heavy atom. The van der Waals surface area contributed by atoms with E-state index in [1.54, 1.807) is 0 Å². The van der Waals surface area contributed by atoms with Crippen molar-refractivity contribution in [2.45, 2.75) is 51.6 Å². The molecule has 1 aliphatic carbocycles. The van der Waals surface area contributed by atoms with Crippen molar-refractivity contribution >= 4 is 6.03 Å². The van der Waals surface area contributed by atoms with Crippen molar-refractivity contribution in [2.24, 2.45) is 11.3 Å². The molecule has 2 fully saturated rings. The van der Waals surface area contributed by atoms with Gasteiger partial charge in [-0.05, 0) is 37.0 Å². The summed E-state index contributed by atoms with van der Waals surface area (Å²) in [4.78, 5) is 11.7. The highest BCUT2D eigenvalue weighted by Gasteiger charge is 2.32. The third-order valence-corrected chi connectivity index (χ3v) is 4.67. The molecule has 3 N–H and O–H groups in total. The zero-order valence-corrected chi connectivity index (χ0v) is 12.7. The molecule has 1 aliphatic heterocycles. The molecule has 116 valence electrons. The van der Waals surface area contributed by atoms with E-state index < -0.39 is 5.60 Å². The van der Waals surface area contributed by atoms with Crippen molar-refractivity contribution < 1.29 is 14.6 Å². The van der Waals surface area contributed by atoms with E-state index in [1.807, 2.05) is 0 Å². The van der Waals surface area contributed by atoms with Crippen molar-refractivity contribution in [3.05, 3.63) is 0 Å². The van der Waals surface area contributed by atoms with Crippen molar-refractivity contribution in [3.8, 4) is 0 Å². The average molecular weight is 284 g/mol. The molecule has 2 rings (SSSR count). The molecule has 0 aromatic carbocycles. The summed E-state index contributed by atoms with van der Waals surface area (Å²) in [5.41, 5.74) is -0.420. The van der Waals surface area contributed by atoms with Gasteiger partial charge in [0.15, 0.2) is 0 Å². The number of carbonyl (C=O) groups is 1. The highest BCUT2D eigenvalue weighted by atomic mass is 16.5. The van der Waals surface area contributed by atoms with Gasteiger partial charge in [-0.3, -0.25) is 0 Å². The first kappa shape index (κ1) is 15.6. The van der Waals surface area contributed by atoms with Crippen LogP contribution in [0.1, 0.15) is 46.0 Å². The summed E-state index contributed by atoms with van der Waals surface area (Å²) < 4.78 is 5.15. The van der Waals surface area contributed by atoms with E-state index in [1.165, 1.54) is 25.7 Å². The second-order valence-electron chi connectivity index (χ2n) is 7.20. The minimum absolute atomic E-state index is 0.185. The van der Waals surface area contributed by atoms with E-state index in [4.69, 9.17) is 4.74 Å². The molecule has 0 aromatic heterocycles. The number of urea groups is 1. The van der Waals surface area contributed by atoms with Gasteiger partial charge < -0.3 is 20.5 Å². The van der Waals surface area contributed by atoms with Gasteiger partial charge in [0.25, 0.3) is 0 Å². The lowest BCUT2D eigenvalue weighted by Gasteiger charge is -2.34. The predicted molar refractivity (Wildman–Crippen MR) is 77.5 cm³/mol. The Bertz CT molecular complexity index is 328. The number of hydrogen-bond acceptors (Lipinski definition) is 3. The summed E-state index contributed by atoms with van der Waals surface area (Å²) in [5, 5.41) is 15.7. The maximum Gasteiger partial charge on any atom is 0.314 e. The molecule has 2 aliphatic rings. The van der Waals surface area contributed by atoms with Crippen LogP contribution in [0.3, 0.4) is 0 Å². The molecule has 0 spiro atoms. The molecule has 2 amide bonds. The lowest BCUT2D eigenvalue weighted by molar-refractivity contribution is 0.0291. The molecule has 1 heterocycles. The minimum Gasteiger partial charge on any atom is -0.386 e. The first-order chi connectivity index (χ1) is 9.39. The molecule has 5 nitrogen and oxygen atoms in total. The number of carbonyl (C=O) groups excluding carboxylic acids is 1. The summed E-state index contributed by atoms with van der Waals surface area (Å²) in [5.74, 6) is 0.590.